The van der Waals surface area contributed by atoms with Gasteiger partial charge in [0.25, 0.3) is 11.8 Å². The molecule has 0 aromatic heterocycles. The molecule has 10 nitrogen and oxygen atoms in total. The van der Waals surface area contributed by atoms with Crippen LogP contribution < -0.4 is 18.9 Å². The summed E-state index contributed by atoms with van der Waals surface area (Å²) in [6.07, 6.45) is 11.9. The highest BCUT2D eigenvalue weighted by Gasteiger charge is 2.35. The number of ether oxygens (including phenoxy) is 4. The van der Waals surface area contributed by atoms with E-state index in [1.807, 2.05) is 58.6 Å². The van der Waals surface area contributed by atoms with Gasteiger partial charge < -0.3 is 28.7 Å². The van der Waals surface area contributed by atoms with Crippen molar-refractivity contribution in [1.82, 2.24) is 9.80 Å². The van der Waals surface area contributed by atoms with Gasteiger partial charge in [0.2, 0.25) is 0 Å². The number of aryl methyl sites for hydroxylation is 1. The van der Waals surface area contributed by atoms with Gasteiger partial charge in [-0.2, -0.15) is 0 Å². The number of fused-ring (bicyclic) bond motifs is 8. The number of aliphatic imine (C=N–C) groups is 2. The van der Waals surface area contributed by atoms with Crippen molar-refractivity contribution in [2.75, 3.05) is 26.4 Å². The number of benzene rings is 4. The van der Waals surface area contributed by atoms with Crippen LogP contribution in [0.2, 0.25) is 0 Å². The maximum Gasteiger partial charge on any atom is 0.257 e. The van der Waals surface area contributed by atoms with Gasteiger partial charge in [-0.05, 0) is 67.0 Å². The van der Waals surface area contributed by atoms with Crippen molar-refractivity contribution in [3.05, 3.63) is 106 Å². The van der Waals surface area contributed by atoms with E-state index < -0.39 is 0 Å². The van der Waals surface area contributed by atoms with Crippen LogP contribution in [0.5, 0.6) is 23.0 Å². The summed E-state index contributed by atoms with van der Waals surface area (Å²) >= 11 is 0. The topological polar surface area (TPSA) is 102 Å². The Morgan fingerprint density at radius 2 is 0.982 bits per heavy atom. The molecule has 5 heterocycles. The molecule has 9 rings (SSSR count). The summed E-state index contributed by atoms with van der Waals surface area (Å²) in [6.45, 7) is 4.95. The molecule has 0 spiro atoms. The predicted octanol–water partition coefficient (Wildman–Crippen LogP) is 8.52. The van der Waals surface area contributed by atoms with E-state index in [0.717, 1.165) is 51.4 Å². The average molecular weight is 753 g/mol. The van der Waals surface area contributed by atoms with Gasteiger partial charge in [0.05, 0.1) is 61.0 Å². The molecule has 2 atom stereocenters. The molecule has 2 amide bonds. The zero-order chi connectivity index (χ0) is 38.0. The van der Waals surface area contributed by atoms with Crippen molar-refractivity contribution in [3.63, 3.8) is 0 Å². The van der Waals surface area contributed by atoms with Crippen LogP contribution in [0.1, 0.15) is 93.5 Å². The summed E-state index contributed by atoms with van der Waals surface area (Å²) in [5.41, 5.74) is 8.29. The lowest BCUT2D eigenvalue weighted by atomic mass is 9.93. The minimum Gasteiger partial charge on any atom is -0.490 e. The van der Waals surface area contributed by atoms with Gasteiger partial charge in [0, 0.05) is 44.1 Å². The number of nitrogens with zero attached hydrogens (tertiary/aromatic N) is 4. The van der Waals surface area contributed by atoms with E-state index >= 15 is 0 Å². The second-order valence-electron chi connectivity index (χ2n) is 15.5. The minimum absolute atomic E-state index is 0.0455. The highest BCUT2D eigenvalue weighted by Crippen LogP contribution is 2.41. The minimum atomic E-state index is -0.118. The van der Waals surface area contributed by atoms with Crippen LogP contribution in [0.15, 0.2) is 76.7 Å². The monoisotopic (exact) mass is 752 g/mol. The second kappa shape index (κ2) is 15.8. The van der Waals surface area contributed by atoms with Crippen LogP contribution in [0, 0.1) is 6.92 Å². The Kier molecular flexibility index (Phi) is 10.2. The molecule has 5 aliphatic rings. The maximum atomic E-state index is 14.1. The Balaban J connectivity index is 0.937. The Hall–Kier alpha value is -5.64. The molecule has 0 radical (unpaired) electrons. The average Bonchev–Trinajstić information content (AvgIpc) is 3.42. The van der Waals surface area contributed by atoms with E-state index in [-0.39, 0.29) is 23.9 Å². The van der Waals surface area contributed by atoms with Crippen LogP contribution in [0.25, 0.3) is 0 Å². The van der Waals surface area contributed by atoms with Crippen molar-refractivity contribution in [3.8, 4) is 23.0 Å². The Morgan fingerprint density at radius 3 is 1.55 bits per heavy atom. The number of carbonyl (C=O) groups is 2. The molecule has 0 aliphatic carbocycles. The summed E-state index contributed by atoms with van der Waals surface area (Å²) in [4.78, 5) is 41.6. The third-order valence-corrected chi connectivity index (χ3v) is 11.6. The number of hydrogen-bond donors (Lipinski definition) is 0. The normalized spacial score (nSPS) is 21.0. The number of hydrogen-bond acceptors (Lipinski definition) is 8. The number of amides is 2. The van der Waals surface area contributed by atoms with Crippen LogP contribution >= 0.6 is 0 Å². The third-order valence-electron chi connectivity index (χ3n) is 11.6. The van der Waals surface area contributed by atoms with Gasteiger partial charge in [0.1, 0.15) is 0 Å². The van der Waals surface area contributed by atoms with Gasteiger partial charge in [-0.15, -0.1) is 0 Å². The summed E-state index contributed by atoms with van der Waals surface area (Å²) in [5.74, 6) is 2.14. The fourth-order valence-corrected chi connectivity index (χ4v) is 8.44. The van der Waals surface area contributed by atoms with Crippen LogP contribution in [-0.4, -0.2) is 72.6 Å². The predicted molar refractivity (Wildman–Crippen MR) is 216 cm³/mol. The number of rotatable bonds is 0. The molecular formula is C46H48N4O6. The van der Waals surface area contributed by atoms with Gasteiger partial charge in [0.15, 0.2) is 23.0 Å². The quantitative estimate of drug-likeness (QED) is 0.179. The molecule has 4 aromatic carbocycles. The Bertz CT molecular complexity index is 2210. The van der Waals surface area contributed by atoms with E-state index in [2.05, 4.69) is 37.3 Å². The van der Waals surface area contributed by atoms with Gasteiger partial charge in [-0.25, -0.2) is 0 Å². The molecule has 4 aromatic rings. The lowest BCUT2D eigenvalue weighted by molar-refractivity contribution is 0.0695. The Morgan fingerprint density at radius 1 is 0.518 bits per heavy atom. The highest BCUT2D eigenvalue weighted by atomic mass is 16.5. The van der Waals surface area contributed by atoms with Crippen LogP contribution in [-0.2, 0) is 25.9 Å². The van der Waals surface area contributed by atoms with Crippen molar-refractivity contribution < 1.29 is 28.5 Å². The zero-order valence-electron chi connectivity index (χ0n) is 32.0. The van der Waals surface area contributed by atoms with Gasteiger partial charge in [-0.1, -0.05) is 73.7 Å². The van der Waals surface area contributed by atoms with Crippen molar-refractivity contribution in [2.24, 2.45) is 9.98 Å². The van der Waals surface area contributed by atoms with Crippen molar-refractivity contribution in [1.29, 1.82) is 0 Å². The van der Waals surface area contributed by atoms with Crippen LogP contribution in [0.4, 0.5) is 11.4 Å². The van der Waals surface area contributed by atoms with Crippen molar-refractivity contribution in [2.45, 2.75) is 89.9 Å². The van der Waals surface area contributed by atoms with E-state index in [9.17, 15) is 9.59 Å². The lowest BCUT2D eigenvalue weighted by Crippen LogP contribution is -2.44. The van der Waals surface area contributed by atoms with E-state index in [1.54, 1.807) is 0 Å². The standard InChI is InChI=1S/C46H48N4O6/c1-30-13-14-32-21-36-27-48-40-25-44-42(23-38(40)46(52)50(36)29-34(32)19-30)54-16-9-5-3-2-4-8-15-53-41-22-37-39(24-43(41)55-17-10-18-56-44)47-26-35-20-31-11-6-7-12-33(31)28-49(35)45(37)51/h6-7,11-14,19,22-27,35-36H,2-5,8-10,15-18,20-21,28-29H2,1H3/t35-,36-/m0/s1. The third kappa shape index (κ3) is 7.36. The lowest BCUT2D eigenvalue weighted by Gasteiger charge is -2.34. The van der Waals surface area contributed by atoms with Gasteiger partial charge in [-0.3, -0.25) is 19.6 Å². The van der Waals surface area contributed by atoms with E-state index in [1.165, 1.54) is 27.8 Å². The maximum absolute atomic E-state index is 14.1. The largest absolute Gasteiger partial charge is 0.490 e. The first kappa shape index (κ1) is 36.0. The second-order valence-corrected chi connectivity index (χ2v) is 15.5. The highest BCUT2D eigenvalue weighted by molar-refractivity contribution is 6.04. The summed E-state index contributed by atoms with van der Waals surface area (Å²) in [6, 6.07) is 21.9. The van der Waals surface area contributed by atoms with Crippen LogP contribution in [0.3, 0.4) is 0 Å². The smallest absolute Gasteiger partial charge is 0.257 e. The zero-order valence-corrected chi connectivity index (χ0v) is 32.0. The Labute approximate surface area is 328 Å². The first-order valence-corrected chi connectivity index (χ1v) is 20.2. The summed E-state index contributed by atoms with van der Waals surface area (Å²) < 4.78 is 25.4. The fraction of sp³-hybridized carbons (Fsp3) is 0.391. The molecule has 0 unspecified atom stereocenters. The fourth-order valence-electron chi connectivity index (χ4n) is 8.44. The first-order valence-electron chi connectivity index (χ1n) is 20.2. The molecule has 56 heavy (non-hydrogen) atoms. The SMILES string of the molecule is Cc1ccc2c(c1)CN1C(=O)c3cc4c(cc3N=C[C@@H]1C2)OCCCOc1cc2c(cc1OCCCCCCCCO4)C(=O)N1Cc3ccccc3C[C@H]1C=N2. The number of carbonyl (C=O) groups excluding carboxylic acids is 2. The molecule has 288 valence electrons. The molecule has 0 N–H and O–H groups in total. The molecule has 0 bridgehead atoms. The first-order chi connectivity index (χ1) is 27.5. The van der Waals surface area contributed by atoms with E-state index in [0.29, 0.717) is 91.4 Å². The van der Waals surface area contributed by atoms with E-state index in [4.69, 9.17) is 28.9 Å². The molecular weight excluding hydrogens is 705 g/mol. The molecule has 5 aliphatic heterocycles. The summed E-state index contributed by atoms with van der Waals surface area (Å²) in [7, 11) is 0. The molecule has 0 fully saturated rings. The summed E-state index contributed by atoms with van der Waals surface area (Å²) in [5, 5.41) is 0. The molecule has 0 saturated heterocycles. The van der Waals surface area contributed by atoms with Crippen molar-refractivity contribution >= 4 is 35.6 Å². The molecule has 0 saturated carbocycles. The molecule has 10 heteroatoms. The van der Waals surface area contributed by atoms with Gasteiger partial charge >= 0.3 is 0 Å².